The van der Waals surface area contributed by atoms with Crippen molar-refractivity contribution in [2.75, 3.05) is 6.79 Å². The maximum Gasteiger partial charge on any atom is 0.312 e. The molecule has 0 spiro atoms. The number of para-hydroxylation sites is 1. The Morgan fingerprint density at radius 1 is 0.970 bits per heavy atom. The molecule has 0 saturated heterocycles. The molecule has 0 bridgehead atoms. The zero-order chi connectivity index (χ0) is 23.3. The molecule has 5 nitrogen and oxygen atoms in total. The van der Waals surface area contributed by atoms with Gasteiger partial charge in [-0.25, -0.2) is 0 Å². The molecule has 3 aromatic rings. The van der Waals surface area contributed by atoms with Gasteiger partial charge in [-0.1, -0.05) is 54.5 Å². The van der Waals surface area contributed by atoms with E-state index in [0.29, 0.717) is 17.9 Å². The van der Waals surface area contributed by atoms with Crippen molar-refractivity contribution in [3.8, 4) is 29.1 Å². The molecule has 0 N–H and O–H groups in total. The Labute approximate surface area is 194 Å². The molecule has 0 amide bonds. The van der Waals surface area contributed by atoms with Gasteiger partial charge < -0.3 is 18.9 Å². The number of hydrogen-bond donors (Lipinski definition) is 0. The summed E-state index contributed by atoms with van der Waals surface area (Å²) in [5.74, 6) is 8.07. The van der Waals surface area contributed by atoms with E-state index >= 15 is 0 Å². The first-order chi connectivity index (χ1) is 15.9. The van der Waals surface area contributed by atoms with E-state index in [1.807, 2.05) is 93.6 Å². The Balaban J connectivity index is 1.54. The summed E-state index contributed by atoms with van der Waals surface area (Å²) in [5.41, 5.74) is 1.87. The molecule has 0 fully saturated rings. The van der Waals surface area contributed by atoms with Crippen LogP contribution in [0.3, 0.4) is 0 Å². The van der Waals surface area contributed by atoms with Crippen LogP contribution < -0.4 is 14.2 Å². The number of hydrogen-bond acceptors (Lipinski definition) is 5. The number of fused-ring (bicyclic) bond motifs is 1. The van der Waals surface area contributed by atoms with E-state index in [-0.39, 0.29) is 12.8 Å². The van der Waals surface area contributed by atoms with Gasteiger partial charge in [0, 0.05) is 5.56 Å². The molecule has 0 aliphatic carbocycles. The number of benzene rings is 3. The number of carbonyl (C=O) groups excluding carboxylic acids is 1. The van der Waals surface area contributed by atoms with Crippen molar-refractivity contribution in [1.29, 1.82) is 0 Å². The van der Waals surface area contributed by atoms with Gasteiger partial charge in [0.25, 0.3) is 0 Å². The predicted octanol–water partition coefficient (Wildman–Crippen LogP) is 5.68. The lowest BCUT2D eigenvalue weighted by atomic mass is 9.97. The van der Waals surface area contributed by atoms with Crippen molar-refractivity contribution in [2.45, 2.75) is 33.5 Å². The van der Waals surface area contributed by atoms with Gasteiger partial charge in [-0.3, -0.25) is 4.79 Å². The average Bonchev–Trinajstić information content (AvgIpc) is 3.28. The van der Waals surface area contributed by atoms with Gasteiger partial charge in [-0.15, -0.1) is 0 Å². The molecule has 0 radical (unpaired) electrons. The number of esters is 1. The van der Waals surface area contributed by atoms with Gasteiger partial charge in [0.2, 0.25) is 6.79 Å². The number of ether oxygens (including phenoxy) is 4. The molecule has 1 atom stereocenters. The SMILES string of the molecule is CC(C)(C)C(=O)OC(C#Cc1ccccc1OCc1ccc2c(c1)OCO2)c1ccccc1. The maximum absolute atomic E-state index is 12.5. The van der Waals surface area contributed by atoms with E-state index in [4.69, 9.17) is 18.9 Å². The Morgan fingerprint density at radius 2 is 1.70 bits per heavy atom. The van der Waals surface area contributed by atoms with Crippen LogP contribution in [0.1, 0.15) is 43.6 Å². The standard InChI is InChI=1S/C28H26O5/c1-28(2,3)27(29)33-24(21-9-5-4-6-10-21)16-14-22-11-7-8-12-23(22)30-18-20-13-15-25-26(17-20)32-19-31-25/h4-13,15,17,24H,18-19H2,1-3H3. The lowest BCUT2D eigenvalue weighted by Crippen LogP contribution is -2.24. The number of rotatable bonds is 5. The molecule has 3 aromatic carbocycles. The van der Waals surface area contributed by atoms with E-state index in [2.05, 4.69) is 11.8 Å². The van der Waals surface area contributed by atoms with Crippen LogP contribution in [-0.2, 0) is 16.1 Å². The second-order valence-electron chi connectivity index (χ2n) is 8.69. The van der Waals surface area contributed by atoms with E-state index in [9.17, 15) is 4.79 Å². The van der Waals surface area contributed by atoms with Crippen molar-refractivity contribution in [1.82, 2.24) is 0 Å². The number of carbonyl (C=O) groups is 1. The fourth-order valence-corrected chi connectivity index (χ4v) is 3.12. The summed E-state index contributed by atoms with van der Waals surface area (Å²) in [6, 6.07) is 22.8. The maximum atomic E-state index is 12.5. The Bertz CT molecular complexity index is 1180. The molecule has 1 aliphatic rings. The first-order valence-corrected chi connectivity index (χ1v) is 10.8. The highest BCUT2D eigenvalue weighted by Gasteiger charge is 2.26. The molecule has 168 valence electrons. The van der Waals surface area contributed by atoms with Crippen LogP contribution >= 0.6 is 0 Å². The second-order valence-corrected chi connectivity index (χ2v) is 8.69. The largest absolute Gasteiger partial charge is 0.488 e. The first-order valence-electron chi connectivity index (χ1n) is 10.8. The van der Waals surface area contributed by atoms with Crippen molar-refractivity contribution in [2.24, 2.45) is 5.41 Å². The fourth-order valence-electron chi connectivity index (χ4n) is 3.12. The molecule has 1 unspecified atom stereocenters. The summed E-state index contributed by atoms with van der Waals surface area (Å²) in [7, 11) is 0. The first kappa shape index (κ1) is 22.3. The molecule has 1 heterocycles. The van der Waals surface area contributed by atoms with Crippen LogP contribution in [-0.4, -0.2) is 12.8 Å². The lowest BCUT2D eigenvalue weighted by Gasteiger charge is -2.20. The van der Waals surface area contributed by atoms with Crippen LogP contribution in [0.25, 0.3) is 0 Å². The van der Waals surface area contributed by atoms with E-state index in [1.54, 1.807) is 0 Å². The zero-order valence-corrected chi connectivity index (χ0v) is 19.0. The van der Waals surface area contributed by atoms with Gasteiger partial charge in [-0.2, -0.15) is 0 Å². The molecular formula is C28H26O5. The molecule has 5 heteroatoms. The normalized spacial score (nSPS) is 12.9. The smallest absolute Gasteiger partial charge is 0.312 e. The van der Waals surface area contributed by atoms with Gasteiger partial charge in [0.05, 0.1) is 11.0 Å². The monoisotopic (exact) mass is 442 g/mol. The van der Waals surface area contributed by atoms with E-state index in [1.165, 1.54) is 0 Å². The van der Waals surface area contributed by atoms with E-state index < -0.39 is 11.5 Å². The average molecular weight is 443 g/mol. The van der Waals surface area contributed by atoms with Crippen LogP contribution in [0.2, 0.25) is 0 Å². The Morgan fingerprint density at radius 3 is 2.48 bits per heavy atom. The van der Waals surface area contributed by atoms with Crippen LogP contribution in [0, 0.1) is 17.3 Å². The quantitative estimate of drug-likeness (QED) is 0.376. The predicted molar refractivity (Wildman–Crippen MR) is 125 cm³/mol. The molecule has 4 rings (SSSR count). The van der Waals surface area contributed by atoms with Gasteiger partial charge in [0.1, 0.15) is 12.4 Å². The third-order valence-corrected chi connectivity index (χ3v) is 5.00. The van der Waals surface area contributed by atoms with Crippen molar-refractivity contribution in [3.05, 3.63) is 89.5 Å². The van der Waals surface area contributed by atoms with E-state index in [0.717, 1.165) is 22.6 Å². The summed E-state index contributed by atoms with van der Waals surface area (Å²) < 4.78 is 22.6. The summed E-state index contributed by atoms with van der Waals surface area (Å²) >= 11 is 0. The topological polar surface area (TPSA) is 54.0 Å². The summed E-state index contributed by atoms with van der Waals surface area (Å²) in [5, 5.41) is 0. The zero-order valence-electron chi connectivity index (χ0n) is 19.0. The van der Waals surface area contributed by atoms with Crippen LogP contribution in [0.15, 0.2) is 72.8 Å². The molecular weight excluding hydrogens is 416 g/mol. The summed E-state index contributed by atoms with van der Waals surface area (Å²) in [6.45, 7) is 6.06. The third-order valence-electron chi connectivity index (χ3n) is 5.00. The van der Waals surface area contributed by atoms with Gasteiger partial charge in [0.15, 0.2) is 17.6 Å². The minimum Gasteiger partial charge on any atom is -0.488 e. The molecule has 1 aliphatic heterocycles. The minimum atomic E-state index is -0.681. The Kier molecular flexibility index (Phi) is 6.55. The molecule has 33 heavy (non-hydrogen) atoms. The highest BCUT2D eigenvalue weighted by Crippen LogP contribution is 2.33. The summed E-state index contributed by atoms with van der Waals surface area (Å²) in [6.07, 6.45) is -0.681. The van der Waals surface area contributed by atoms with Gasteiger partial charge >= 0.3 is 5.97 Å². The third kappa shape index (κ3) is 5.67. The Hall–Kier alpha value is -3.91. The van der Waals surface area contributed by atoms with Crippen molar-refractivity contribution >= 4 is 5.97 Å². The van der Waals surface area contributed by atoms with Crippen molar-refractivity contribution < 1.29 is 23.7 Å². The highest BCUT2D eigenvalue weighted by atomic mass is 16.7. The highest BCUT2D eigenvalue weighted by molar-refractivity contribution is 5.76. The van der Waals surface area contributed by atoms with Crippen LogP contribution in [0.4, 0.5) is 0 Å². The lowest BCUT2D eigenvalue weighted by molar-refractivity contribution is -0.156. The summed E-state index contributed by atoms with van der Waals surface area (Å²) in [4.78, 5) is 12.5. The molecule has 0 saturated carbocycles. The minimum absolute atomic E-state index is 0.237. The van der Waals surface area contributed by atoms with Gasteiger partial charge in [-0.05, 0) is 56.5 Å². The molecule has 0 aromatic heterocycles. The van der Waals surface area contributed by atoms with Crippen LogP contribution in [0.5, 0.6) is 17.2 Å². The fraction of sp³-hybridized carbons (Fsp3) is 0.250. The van der Waals surface area contributed by atoms with Crippen molar-refractivity contribution in [3.63, 3.8) is 0 Å². The second kappa shape index (κ2) is 9.70.